The molecule has 0 bridgehead atoms. The van der Waals surface area contributed by atoms with Gasteiger partial charge in [0.25, 0.3) is 0 Å². The lowest BCUT2D eigenvalue weighted by Crippen LogP contribution is -2.48. The lowest BCUT2D eigenvalue weighted by Gasteiger charge is -2.37. The Morgan fingerprint density at radius 1 is 1.12 bits per heavy atom. The lowest BCUT2D eigenvalue weighted by atomic mass is 9.85. The van der Waals surface area contributed by atoms with Gasteiger partial charge >= 0.3 is 0 Å². The molecular formula is C24H34N4O4S2. The van der Waals surface area contributed by atoms with Gasteiger partial charge in [-0.15, -0.1) is 11.3 Å². The topological polar surface area (TPSA) is 96.6 Å². The van der Waals surface area contributed by atoms with Gasteiger partial charge in [-0.05, 0) is 51.5 Å². The second-order valence-electron chi connectivity index (χ2n) is 10.1. The van der Waals surface area contributed by atoms with Gasteiger partial charge in [0.2, 0.25) is 27.6 Å². The van der Waals surface area contributed by atoms with Crippen molar-refractivity contribution in [3.8, 4) is 10.7 Å². The van der Waals surface area contributed by atoms with E-state index in [0.717, 1.165) is 44.9 Å². The van der Waals surface area contributed by atoms with Crippen LogP contribution in [0.3, 0.4) is 0 Å². The van der Waals surface area contributed by atoms with Crippen LogP contribution in [0, 0.1) is 12.8 Å². The van der Waals surface area contributed by atoms with E-state index in [1.54, 1.807) is 6.07 Å². The molecule has 2 aromatic rings. The van der Waals surface area contributed by atoms with Crippen LogP contribution in [-0.2, 0) is 14.8 Å². The largest absolute Gasteiger partial charge is 0.342 e. The number of nitrogens with zero attached hydrogens (tertiary/aromatic N) is 4. The van der Waals surface area contributed by atoms with Gasteiger partial charge in [0.1, 0.15) is 0 Å². The van der Waals surface area contributed by atoms with Crippen LogP contribution in [0.1, 0.15) is 80.9 Å². The summed E-state index contributed by atoms with van der Waals surface area (Å²) in [6, 6.07) is 1.96. The zero-order chi connectivity index (χ0) is 23.9. The second-order valence-corrected chi connectivity index (χ2v) is 13.2. The number of piperidine rings is 1. The van der Waals surface area contributed by atoms with E-state index in [0.29, 0.717) is 40.4 Å². The summed E-state index contributed by atoms with van der Waals surface area (Å²) in [6.45, 7) is 2.51. The third-order valence-corrected chi connectivity index (χ3v) is 11.0. The zero-order valence-corrected chi connectivity index (χ0v) is 21.7. The van der Waals surface area contributed by atoms with Crippen molar-refractivity contribution in [2.45, 2.75) is 88.0 Å². The number of amides is 1. The van der Waals surface area contributed by atoms with Gasteiger partial charge in [0.05, 0.1) is 15.7 Å². The molecule has 0 radical (unpaired) electrons. The monoisotopic (exact) mass is 506 g/mol. The highest BCUT2D eigenvalue weighted by Gasteiger charge is 2.37. The molecular weight excluding hydrogens is 472 g/mol. The molecule has 1 atom stereocenters. The van der Waals surface area contributed by atoms with E-state index < -0.39 is 10.0 Å². The van der Waals surface area contributed by atoms with Crippen LogP contribution in [0.5, 0.6) is 0 Å². The number of carbonyl (C=O) groups is 1. The van der Waals surface area contributed by atoms with E-state index in [-0.39, 0.29) is 29.3 Å². The summed E-state index contributed by atoms with van der Waals surface area (Å²) < 4.78 is 34.1. The summed E-state index contributed by atoms with van der Waals surface area (Å²) >= 11 is 1.37. The molecule has 1 unspecified atom stereocenters. The van der Waals surface area contributed by atoms with Crippen molar-refractivity contribution in [1.82, 2.24) is 19.3 Å². The maximum Gasteiger partial charge on any atom is 0.244 e. The Kier molecular flexibility index (Phi) is 6.83. The van der Waals surface area contributed by atoms with Crippen LogP contribution in [0.15, 0.2) is 15.5 Å². The molecule has 3 fully saturated rings. The highest BCUT2D eigenvalue weighted by molar-refractivity contribution is 7.89. The summed E-state index contributed by atoms with van der Waals surface area (Å²) in [5.74, 6) is 1.24. The number of carbonyl (C=O) groups excluding carboxylic acids is 1. The highest BCUT2D eigenvalue weighted by Crippen LogP contribution is 2.38. The minimum atomic E-state index is -3.71. The van der Waals surface area contributed by atoms with E-state index >= 15 is 0 Å². The number of aryl methyl sites for hydroxylation is 1. The van der Waals surface area contributed by atoms with Crippen molar-refractivity contribution in [2.24, 2.45) is 5.92 Å². The number of rotatable bonds is 6. The van der Waals surface area contributed by atoms with Crippen LogP contribution in [0.4, 0.5) is 0 Å². The molecule has 0 aromatic carbocycles. The summed E-state index contributed by atoms with van der Waals surface area (Å²) in [7, 11) is -1.82. The fourth-order valence-corrected chi connectivity index (χ4v) is 8.44. The zero-order valence-electron chi connectivity index (χ0n) is 20.0. The Hall–Kier alpha value is -1.78. The third-order valence-electron chi connectivity index (χ3n) is 7.81. The van der Waals surface area contributed by atoms with Gasteiger partial charge < -0.3 is 9.42 Å². The fraction of sp³-hybridized carbons (Fsp3) is 0.708. The average Bonchev–Trinajstić information content (AvgIpc) is 3.45. The fourth-order valence-electron chi connectivity index (χ4n) is 5.43. The molecule has 5 rings (SSSR count). The van der Waals surface area contributed by atoms with Crippen molar-refractivity contribution >= 4 is 27.3 Å². The molecule has 1 saturated heterocycles. The van der Waals surface area contributed by atoms with Crippen molar-refractivity contribution in [2.75, 3.05) is 20.1 Å². The number of hydrogen-bond donors (Lipinski definition) is 0. The van der Waals surface area contributed by atoms with E-state index in [2.05, 4.69) is 10.1 Å². The molecule has 10 heteroatoms. The van der Waals surface area contributed by atoms with Crippen LogP contribution < -0.4 is 0 Å². The van der Waals surface area contributed by atoms with Crippen molar-refractivity contribution in [3.05, 3.63) is 16.8 Å². The van der Waals surface area contributed by atoms with E-state index in [1.165, 1.54) is 28.5 Å². The summed E-state index contributed by atoms with van der Waals surface area (Å²) in [6.07, 6.45) is 10.4. The Labute approximate surface area is 205 Å². The minimum absolute atomic E-state index is 0.0878. The smallest absolute Gasteiger partial charge is 0.244 e. The van der Waals surface area contributed by atoms with E-state index in [9.17, 15) is 13.2 Å². The van der Waals surface area contributed by atoms with Crippen LogP contribution in [0.25, 0.3) is 10.7 Å². The van der Waals surface area contributed by atoms with Crippen molar-refractivity contribution < 1.29 is 17.7 Å². The molecule has 186 valence electrons. The van der Waals surface area contributed by atoms with Gasteiger partial charge in [0.15, 0.2) is 0 Å². The van der Waals surface area contributed by atoms with Gasteiger partial charge in [-0.1, -0.05) is 30.8 Å². The predicted molar refractivity (Wildman–Crippen MR) is 130 cm³/mol. The van der Waals surface area contributed by atoms with Crippen LogP contribution in [0.2, 0.25) is 0 Å². The van der Waals surface area contributed by atoms with E-state index in [4.69, 9.17) is 4.52 Å². The molecule has 1 amide bonds. The second kappa shape index (κ2) is 9.70. The molecule has 34 heavy (non-hydrogen) atoms. The average molecular weight is 507 g/mol. The number of hydrogen-bond acceptors (Lipinski definition) is 7. The van der Waals surface area contributed by atoms with Gasteiger partial charge in [0, 0.05) is 37.0 Å². The standard InChI is InChI=1S/C24H34N4O4S2/c1-16-21(14-20(33-16)22-25-23(32-26-22)17-8-6-9-17)34(30,31)28-13-7-10-18(15-28)24(29)27(2)19-11-4-3-5-12-19/h14,17-19H,3-13,15H2,1-2H3. The molecule has 0 spiro atoms. The Morgan fingerprint density at radius 3 is 2.59 bits per heavy atom. The Balaban J connectivity index is 1.31. The summed E-state index contributed by atoms with van der Waals surface area (Å²) in [5, 5.41) is 4.10. The predicted octanol–water partition coefficient (Wildman–Crippen LogP) is 4.57. The first-order valence-electron chi connectivity index (χ1n) is 12.6. The highest BCUT2D eigenvalue weighted by atomic mass is 32.2. The molecule has 3 heterocycles. The molecule has 0 N–H and O–H groups in total. The molecule has 3 aliphatic rings. The minimum Gasteiger partial charge on any atom is -0.342 e. The maximum atomic E-state index is 13.6. The lowest BCUT2D eigenvalue weighted by molar-refractivity contribution is -0.138. The molecule has 1 aliphatic heterocycles. The Bertz CT molecular complexity index is 1130. The van der Waals surface area contributed by atoms with Gasteiger partial charge in [-0.25, -0.2) is 8.42 Å². The molecule has 2 aliphatic carbocycles. The summed E-state index contributed by atoms with van der Waals surface area (Å²) in [5.41, 5.74) is 0. The molecule has 2 aromatic heterocycles. The quantitative estimate of drug-likeness (QED) is 0.570. The molecule has 2 saturated carbocycles. The third kappa shape index (κ3) is 4.56. The van der Waals surface area contributed by atoms with Crippen LogP contribution >= 0.6 is 11.3 Å². The maximum absolute atomic E-state index is 13.6. The van der Waals surface area contributed by atoms with Crippen LogP contribution in [-0.4, -0.2) is 59.8 Å². The van der Waals surface area contributed by atoms with Gasteiger partial charge in [-0.2, -0.15) is 9.29 Å². The summed E-state index contributed by atoms with van der Waals surface area (Å²) in [4.78, 5) is 21.3. The first-order chi connectivity index (χ1) is 16.3. The molecule has 8 nitrogen and oxygen atoms in total. The first kappa shape index (κ1) is 23.9. The van der Waals surface area contributed by atoms with E-state index in [1.807, 2.05) is 18.9 Å². The number of sulfonamides is 1. The number of aromatic nitrogens is 2. The first-order valence-corrected chi connectivity index (χ1v) is 14.8. The van der Waals surface area contributed by atoms with Crippen molar-refractivity contribution in [3.63, 3.8) is 0 Å². The van der Waals surface area contributed by atoms with Crippen molar-refractivity contribution in [1.29, 1.82) is 0 Å². The Morgan fingerprint density at radius 2 is 1.88 bits per heavy atom. The normalized spacial score (nSPS) is 23.1. The SMILES string of the molecule is Cc1sc(-c2noc(C3CCC3)n2)cc1S(=O)(=O)N1CCCC(C(=O)N(C)C2CCCCC2)C1. The van der Waals surface area contributed by atoms with Gasteiger partial charge in [-0.3, -0.25) is 4.79 Å². The number of thiophene rings is 1.